The number of likely N-dealkylation sites (tertiary alicyclic amines) is 1. The summed E-state index contributed by atoms with van der Waals surface area (Å²) >= 11 is 0. The predicted octanol–water partition coefficient (Wildman–Crippen LogP) is 4.44. The highest BCUT2D eigenvalue weighted by Crippen LogP contribution is 2.33. The molecule has 0 saturated carbocycles. The van der Waals surface area contributed by atoms with Gasteiger partial charge in [-0.05, 0) is 68.8 Å². The molecular formula is C23H27FN4O. The third kappa shape index (κ3) is 4.43. The number of benzene rings is 2. The molecule has 0 spiro atoms. The Morgan fingerprint density at radius 1 is 1.17 bits per heavy atom. The second-order valence-electron chi connectivity index (χ2n) is 7.68. The van der Waals surface area contributed by atoms with E-state index in [9.17, 15) is 9.18 Å². The number of hydrogen-bond donors (Lipinski definition) is 3. The van der Waals surface area contributed by atoms with Gasteiger partial charge >= 0.3 is 0 Å². The van der Waals surface area contributed by atoms with Crippen molar-refractivity contribution in [1.29, 1.82) is 0 Å². The van der Waals surface area contributed by atoms with Crippen LogP contribution < -0.4 is 16.0 Å². The maximum absolute atomic E-state index is 14.1. The molecule has 0 atom stereocenters. The average Bonchev–Trinajstić information content (AvgIpc) is 3.05. The van der Waals surface area contributed by atoms with Crippen molar-refractivity contribution in [2.24, 2.45) is 0 Å². The standard InChI is InChI=1S/C23H27FN4O/c1-16-14-17(8-9-20(16)25-10-13-28-11-3-2-4-12-28)26-15-18-22-19(24)6-5-7-21(22)27-23(18)29/h5-9,14-15,25-26H,2-4,10-13H2,1H3,(H,27,29)/b18-15+. The van der Waals surface area contributed by atoms with Gasteiger partial charge < -0.3 is 20.9 Å². The molecule has 29 heavy (non-hydrogen) atoms. The molecule has 6 heteroatoms. The summed E-state index contributed by atoms with van der Waals surface area (Å²) in [7, 11) is 0. The molecule has 5 nitrogen and oxygen atoms in total. The molecule has 0 aliphatic carbocycles. The van der Waals surface area contributed by atoms with Gasteiger partial charge in [-0.1, -0.05) is 12.5 Å². The first-order valence-corrected chi connectivity index (χ1v) is 10.3. The first kappa shape index (κ1) is 19.5. The molecule has 0 radical (unpaired) electrons. The topological polar surface area (TPSA) is 56.4 Å². The molecule has 0 bridgehead atoms. The zero-order chi connectivity index (χ0) is 20.2. The van der Waals surface area contributed by atoms with Crippen molar-refractivity contribution in [3.63, 3.8) is 0 Å². The number of rotatable bonds is 6. The Morgan fingerprint density at radius 2 is 2.00 bits per heavy atom. The number of halogens is 1. The maximum atomic E-state index is 14.1. The van der Waals surface area contributed by atoms with E-state index in [1.807, 2.05) is 18.2 Å². The second-order valence-corrected chi connectivity index (χ2v) is 7.68. The molecule has 3 N–H and O–H groups in total. The van der Waals surface area contributed by atoms with Crippen LogP contribution in [-0.2, 0) is 4.79 Å². The Hall–Kier alpha value is -2.86. The summed E-state index contributed by atoms with van der Waals surface area (Å²) in [5.41, 5.74) is 4.21. The van der Waals surface area contributed by atoms with E-state index in [1.165, 1.54) is 38.4 Å². The second kappa shape index (κ2) is 8.66. The number of nitrogens with zero attached hydrogens (tertiary/aromatic N) is 1. The highest BCUT2D eigenvalue weighted by molar-refractivity contribution is 6.31. The van der Waals surface area contributed by atoms with Crippen LogP contribution in [0.15, 0.2) is 42.6 Å². The van der Waals surface area contributed by atoms with Gasteiger partial charge in [0.25, 0.3) is 5.91 Å². The van der Waals surface area contributed by atoms with Crippen LogP contribution in [0.1, 0.15) is 30.4 Å². The summed E-state index contributed by atoms with van der Waals surface area (Å²) in [6.07, 6.45) is 5.54. The number of carbonyl (C=O) groups excluding carboxylic acids is 1. The van der Waals surface area contributed by atoms with Crippen molar-refractivity contribution in [2.75, 3.05) is 42.1 Å². The third-order valence-electron chi connectivity index (χ3n) is 5.58. The largest absolute Gasteiger partial charge is 0.384 e. The van der Waals surface area contributed by atoms with Gasteiger partial charge in [0, 0.05) is 36.2 Å². The van der Waals surface area contributed by atoms with Gasteiger partial charge in [-0.2, -0.15) is 0 Å². The Bertz CT molecular complexity index is 934. The van der Waals surface area contributed by atoms with Crippen LogP contribution in [0.5, 0.6) is 0 Å². The van der Waals surface area contributed by atoms with Crippen LogP contribution in [0.25, 0.3) is 5.57 Å². The van der Waals surface area contributed by atoms with Crippen molar-refractivity contribution in [2.45, 2.75) is 26.2 Å². The first-order chi connectivity index (χ1) is 14.1. The summed E-state index contributed by atoms with van der Waals surface area (Å²) in [4.78, 5) is 14.7. The zero-order valence-corrected chi connectivity index (χ0v) is 16.7. The molecule has 2 aliphatic heterocycles. The van der Waals surface area contributed by atoms with Gasteiger partial charge in [-0.3, -0.25) is 4.79 Å². The summed E-state index contributed by atoms with van der Waals surface area (Å²) < 4.78 is 14.1. The minimum absolute atomic E-state index is 0.301. The molecule has 2 aliphatic rings. The number of nitrogens with one attached hydrogen (secondary N) is 3. The minimum Gasteiger partial charge on any atom is -0.384 e. The molecule has 1 fully saturated rings. The molecule has 2 aromatic carbocycles. The van der Waals surface area contributed by atoms with E-state index in [2.05, 4.69) is 27.8 Å². The summed E-state index contributed by atoms with van der Waals surface area (Å²) in [6, 6.07) is 10.7. The summed E-state index contributed by atoms with van der Waals surface area (Å²) in [6.45, 7) is 6.45. The van der Waals surface area contributed by atoms with E-state index in [4.69, 9.17) is 0 Å². The molecule has 152 valence electrons. The van der Waals surface area contributed by atoms with Gasteiger partial charge in [-0.15, -0.1) is 0 Å². The lowest BCUT2D eigenvalue weighted by molar-refractivity contribution is -0.110. The fourth-order valence-corrected chi connectivity index (χ4v) is 3.98. The summed E-state index contributed by atoms with van der Waals surface area (Å²) in [5.74, 6) is -0.705. The van der Waals surface area contributed by atoms with Crippen molar-refractivity contribution in [1.82, 2.24) is 4.90 Å². The molecule has 1 saturated heterocycles. The number of amides is 1. The van der Waals surface area contributed by atoms with Crippen molar-refractivity contribution in [3.8, 4) is 0 Å². The lowest BCUT2D eigenvalue weighted by Crippen LogP contribution is -2.33. The van der Waals surface area contributed by atoms with Gasteiger partial charge in [0.2, 0.25) is 0 Å². The lowest BCUT2D eigenvalue weighted by Gasteiger charge is -2.26. The Labute approximate surface area is 171 Å². The number of fused-ring (bicyclic) bond motifs is 1. The first-order valence-electron chi connectivity index (χ1n) is 10.3. The number of anilines is 3. The predicted molar refractivity (Wildman–Crippen MR) is 117 cm³/mol. The fourth-order valence-electron chi connectivity index (χ4n) is 3.98. The number of piperidine rings is 1. The van der Waals surface area contributed by atoms with Crippen molar-refractivity contribution in [3.05, 3.63) is 59.5 Å². The number of carbonyl (C=O) groups is 1. The zero-order valence-electron chi connectivity index (χ0n) is 16.7. The average molecular weight is 394 g/mol. The summed E-state index contributed by atoms with van der Waals surface area (Å²) in [5, 5.41) is 9.34. The van der Waals surface area contributed by atoms with E-state index < -0.39 is 5.82 Å². The Morgan fingerprint density at radius 3 is 2.79 bits per heavy atom. The maximum Gasteiger partial charge on any atom is 0.257 e. The van der Waals surface area contributed by atoms with E-state index >= 15 is 0 Å². The monoisotopic (exact) mass is 394 g/mol. The van der Waals surface area contributed by atoms with Gasteiger partial charge in [0.15, 0.2) is 0 Å². The highest BCUT2D eigenvalue weighted by Gasteiger charge is 2.27. The van der Waals surface area contributed by atoms with E-state index in [-0.39, 0.29) is 5.91 Å². The van der Waals surface area contributed by atoms with Crippen LogP contribution in [0, 0.1) is 12.7 Å². The molecule has 4 rings (SSSR count). The highest BCUT2D eigenvalue weighted by atomic mass is 19.1. The molecule has 2 aromatic rings. The molecule has 0 unspecified atom stereocenters. The van der Waals surface area contributed by atoms with Gasteiger partial charge in [0.1, 0.15) is 5.82 Å². The van der Waals surface area contributed by atoms with E-state index in [0.29, 0.717) is 16.8 Å². The van der Waals surface area contributed by atoms with Crippen LogP contribution in [0.4, 0.5) is 21.5 Å². The third-order valence-corrected chi connectivity index (χ3v) is 5.58. The van der Waals surface area contributed by atoms with Crippen molar-refractivity contribution >= 4 is 28.5 Å². The van der Waals surface area contributed by atoms with Crippen LogP contribution >= 0.6 is 0 Å². The molecular weight excluding hydrogens is 367 g/mol. The fraction of sp³-hybridized carbons (Fsp3) is 0.348. The number of hydrogen-bond acceptors (Lipinski definition) is 4. The van der Waals surface area contributed by atoms with Crippen LogP contribution in [0.2, 0.25) is 0 Å². The number of aryl methyl sites for hydroxylation is 1. The molecule has 0 aromatic heterocycles. The quantitative estimate of drug-likeness (QED) is 0.634. The van der Waals surface area contributed by atoms with E-state index in [1.54, 1.807) is 18.3 Å². The normalized spacial score (nSPS) is 17.9. The Balaban J connectivity index is 1.39. The lowest BCUT2D eigenvalue weighted by atomic mass is 10.1. The van der Waals surface area contributed by atoms with Crippen LogP contribution in [-0.4, -0.2) is 37.0 Å². The van der Waals surface area contributed by atoms with E-state index in [0.717, 1.165) is 30.0 Å². The minimum atomic E-state index is -0.404. The SMILES string of the molecule is Cc1cc(N/C=C2/C(=O)Nc3cccc(F)c32)ccc1NCCN1CCCCC1. The van der Waals surface area contributed by atoms with Crippen molar-refractivity contribution < 1.29 is 9.18 Å². The van der Waals surface area contributed by atoms with Gasteiger partial charge in [0.05, 0.1) is 11.3 Å². The van der Waals surface area contributed by atoms with Crippen LogP contribution in [0.3, 0.4) is 0 Å². The molecule has 1 amide bonds. The van der Waals surface area contributed by atoms with Gasteiger partial charge in [-0.25, -0.2) is 4.39 Å². The molecule has 2 heterocycles. The Kier molecular flexibility index (Phi) is 5.81. The smallest absolute Gasteiger partial charge is 0.257 e.